The molecule has 1 amide bonds. The molecule has 0 atom stereocenters. The number of hydrogen-bond acceptors (Lipinski definition) is 3. The van der Waals surface area contributed by atoms with E-state index in [-0.39, 0.29) is 16.6 Å². The minimum atomic E-state index is -0.557. The topological polar surface area (TPSA) is 63.5 Å². The summed E-state index contributed by atoms with van der Waals surface area (Å²) >= 11 is 5.86. The van der Waals surface area contributed by atoms with Gasteiger partial charge in [0.1, 0.15) is 5.02 Å². The summed E-state index contributed by atoms with van der Waals surface area (Å²) in [6.07, 6.45) is 2.03. The summed E-state index contributed by atoms with van der Waals surface area (Å²) in [6.45, 7) is 7.43. The summed E-state index contributed by atoms with van der Waals surface area (Å²) in [4.78, 5) is 24.4. The molecular weight excluding hydrogens is 292 g/mol. The highest BCUT2D eigenvalue weighted by Crippen LogP contribution is 2.25. The van der Waals surface area contributed by atoms with Crippen LogP contribution in [-0.4, -0.2) is 28.8 Å². The molecule has 0 saturated carbocycles. The molecule has 0 fully saturated rings. The first-order valence-corrected chi connectivity index (χ1v) is 7.55. The van der Waals surface area contributed by atoms with Crippen LogP contribution < -0.4 is 0 Å². The lowest BCUT2D eigenvalue weighted by Gasteiger charge is -2.25. The first-order valence-electron chi connectivity index (χ1n) is 7.17. The number of halogens is 1. The first kappa shape index (κ1) is 17.4. The Morgan fingerprint density at radius 3 is 2.38 bits per heavy atom. The van der Waals surface area contributed by atoms with E-state index < -0.39 is 4.92 Å². The smallest absolute Gasteiger partial charge is 0.287 e. The maximum absolute atomic E-state index is 12.5. The molecule has 1 aromatic carbocycles. The van der Waals surface area contributed by atoms with Crippen LogP contribution in [0.15, 0.2) is 18.2 Å². The average Bonchev–Trinajstić information content (AvgIpc) is 2.47. The molecule has 0 aromatic heterocycles. The fourth-order valence-electron chi connectivity index (χ4n) is 2.18. The summed E-state index contributed by atoms with van der Waals surface area (Å²) in [5.74, 6) is 0.323. The number of nitro benzene ring substituents is 1. The van der Waals surface area contributed by atoms with E-state index in [1.807, 2.05) is 6.92 Å². The Morgan fingerprint density at radius 1 is 1.33 bits per heavy atom. The van der Waals surface area contributed by atoms with E-state index in [1.165, 1.54) is 18.2 Å². The molecule has 6 heteroatoms. The van der Waals surface area contributed by atoms with Crippen LogP contribution >= 0.6 is 11.6 Å². The van der Waals surface area contributed by atoms with Crippen LogP contribution in [0.1, 0.15) is 44.0 Å². The molecular formula is C15H21ClN2O3. The molecule has 0 N–H and O–H groups in total. The third-order valence-corrected chi connectivity index (χ3v) is 4.00. The van der Waals surface area contributed by atoms with Gasteiger partial charge in [0, 0.05) is 24.7 Å². The third-order valence-electron chi connectivity index (χ3n) is 3.69. The quantitative estimate of drug-likeness (QED) is 0.561. The maximum atomic E-state index is 12.5. The zero-order valence-electron chi connectivity index (χ0n) is 12.6. The van der Waals surface area contributed by atoms with E-state index >= 15 is 0 Å². The van der Waals surface area contributed by atoms with Gasteiger partial charge in [-0.1, -0.05) is 38.3 Å². The van der Waals surface area contributed by atoms with Crippen molar-refractivity contribution < 1.29 is 9.72 Å². The number of benzene rings is 1. The first-order chi connectivity index (χ1) is 9.94. The molecule has 0 unspecified atom stereocenters. The molecule has 0 spiro atoms. The van der Waals surface area contributed by atoms with Gasteiger partial charge < -0.3 is 4.90 Å². The van der Waals surface area contributed by atoms with Gasteiger partial charge in [-0.15, -0.1) is 0 Å². The van der Waals surface area contributed by atoms with E-state index in [9.17, 15) is 14.9 Å². The predicted molar refractivity (Wildman–Crippen MR) is 83.8 cm³/mol. The standard InChI is InChI=1S/C15H21ClN2O3/c1-4-11(5-2)10-17(6-3)15(19)12-7-8-14(18(20)21)13(16)9-12/h7-9,11H,4-6,10H2,1-3H3. The Labute approximate surface area is 130 Å². The molecule has 116 valence electrons. The molecule has 0 aliphatic heterocycles. The number of carbonyl (C=O) groups excluding carboxylic acids is 1. The van der Waals surface area contributed by atoms with Crippen LogP contribution in [0, 0.1) is 16.0 Å². The molecule has 0 radical (unpaired) electrons. The van der Waals surface area contributed by atoms with Gasteiger partial charge in [0.25, 0.3) is 11.6 Å². The molecule has 0 aliphatic rings. The van der Waals surface area contributed by atoms with Crippen molar-refractivity contribution in [1.82, 2.24) is 4.90 Å². The maximum Gasteiger partial charge on any atom is 0.287 e. The minimum absolute atomic E-state index is 0.00978. The second-order valence-corrected chi connectivity index (χ2v) is 5.36. The molecule has 0 saturated heterocycles. The highest BCUT2D eigenvalue weighted by molar-refractivity contribution is 6.33. The van der Waals surface area contributed by atoms with Crippen molar-refractivity contribution in [2.45, 2.75) is 33.6 Å². The summed E-state index contributed by atoms with van der Waals surface area (Å²) < 4.78 is 0. The monoisotopic (exact) mass is 312 g/mol. The molecule has 0 aliphatic carbocycles. The van der Waals surface area contributed by atoms with Crippen LogP contribution in [0.2, 0.25) is 5.02 Å². The van der Waals surface area contributed by atoms with Crippen LogP contribution in [0.25, 0.3) is 0 Å². The van der Waals surface area contributed by atoms with E-state index in [2.05, 4.69) is 13.8 Å². The van der Waals surface area contributed by atoms with E-state index in [0.29, 0.717) is 24.6 Å². The van der Waals surface area contributed by atoms with Gasteiger partial charge in [-0.3, -0.25) is 14.9 Å². The van der Waals surface area contributed by atoms with Gasteiger partial charge >= 0.3 is 0 Å². The van der Waals surface area contributed by atoms with Crippen LogP contribution in [-0.2, 0) is 0 Å². The zero-order chi connectivity index (χ0) is 16.0. The Hall–Kier alpha value is -1.62. The Morgan fingerprint density at radius 2 is 1.95 bits per heavy atom. The van der Waals surface area contributed by atoms with Crippen molar-refractivity contribution >= 4 is 23.2 Å². The molecule has 0 bridgehead atoms. The van der Waals surface area contributed by atoms with Crippen molar-refractivity contribution in [3.8, 4) is 0 Å². The van der Waals surface area contributed by atoms with Gasteiger partial charge in [0.2, 0.25) is 0 Å². The van der Waals surface area contributed by atoms with Gasteiger partial charge in [-0.05, 0) is 25.0 Å². The van der Waals surface area contributed by atoms with Crippen molar-refractivity contribution in [3.63, 3.8) is 0 Å². The van der Waals surface area contributed by atoms with Gasteiger partial charge in [0.15, 0.2) is 0 Å². The largest absolute Gasteiger partial charge is 0.339 e. The SMILES string of the molecule is CCC(CC)CN(CC)C(=O)c1ccc([N+](=O)[O-])c(Cl)c1. The van der Waals surface area contributed by atoms with E-state index in [0.717, 1.165) is 12.8 Å². The van der Waals surface area contributed by atoms with Gasteiger partial charge in [0.05, 0.1) is 4.92 Å². The number of carbonyl (C=O) groups is 1. The Kier molecular flexibility index (Phi) is 6.62. The second kappa shape index (κ2) is 7.98. The van der Waals surface area contributed by atoms with Gasteiger partial charge in [-0.2, -0.15) is 0 Å². The molecule has 21 heavy (non-hydrogen) atoms. The molecule has 0 heterocycles. The zero-order valence-corrected chi connectivity index (χ0v) is 13.4. The van der Waals surface area contributed by atoms with Crippen molar-refractivity contribution in [2.24, 2.45) is 5.92 Å². The van der Waals surface area contributed by atoms with Gasteiger partial charge in [-0.25, -0.2) is 0 Å². The predicted octanol–water partition coefficient (Wildman–Crippen LogP) is 4.15. The molecule has 5 nitrogen and oxygen atoms in total. The summed E-state index contributed by atoms with van der Waals surface area (Å²) in [5.41, 5.74) is 0.203. The van der Waals surface area contributed by atoms with Crippen LogP contribution in [0.4, 0.5) is 5.69 Å². The van der Waals surface area contributed by atoms with Crippen molar-refractivity contribution in [1.29, 1.82) is 0 Å². The lowest BCUT2D eigenvalue weighted by Crippen LogP contribution is -2.35. The Bertz CT molecular complexity index is 516. The van der Waals surface area contributed by atoms with Crippen molar-refractivity contribution in [2.75, 3.05) is 13.1 Å². The van der Waals surface area contributed by atoms with Crippen molar-refractivity contribution in [3.05, 3.63) is 38.9 Å². The van der Waals surface area contributed by atoms with Crippen LogP contribution in [0.5, 0.6) is 0 Å². The highest BCUT2D eigenvalue weighted by Gasteiger charge is 2.20. The summed E-state index contributed by atoms with van der Waals surface area (Å²) in [6, 6.07) is 4.11. The third kappa shape index (κ3) is 4.43. The number of amides is 1. The number of hydrogen-bond donors (Lipinski definition) is 0. The van der Waals surface area contributed by atoms with E-state index in [1.54, 1.807) is 4.90 Å². The number of rotatable bonds is 7. The average molecular weight is 313 g/mol. The Balaban J connectivity index is 2.95. The number of nitro groups is 1. The second-order valence-electron chi connectivity index (χ2n) is 4.95. The summed E-state index contributed by atoms with van der Waals surface area (Å²) in [5, 5.41) is 10.7. The highest BCUT2D eigenvalue weighted by atomic mass is 35.5. The lowest BCUT2D eigenvalue weighted by atomic mass is 10.0. The fourth-order valence-corrected chi connectivity index (χ4v) is 2.43. The van der Waals surface area contributed by atoms with E-state index in [4.69, 9.17) is 11.6 Å². The number of nitrogens with zero attached hydrogens (tertiary/aromatic N) is 2. The normalized spacial score (nSPS) is 10.7. The summed E-state index contributed by atoms with van der Waals surface area (Å²) in [7, 11) is 0. The fraction of sp³-hybridized carbons (Fsp3) is 0.533. The lowest BCUT2D eigenvalue weighted by molar-refractivity contribution is -0.384. The molecule has 1 rings (SSSR count). The minimum Gasteiger partial charge on any atom is -0.339 e. The molecule has 1 aromatic rings. The van der Waals surface area contributed by atoms with Crippen LogP contribution in [0.3, 0.4) is 0 Å².